The fraction of sp³-hybridized carbons (Fsp3) is 1.00. The average molecular weight is 140 g/mol. The third-order valence-electron chi connectivity index (χ3n) is 0.354. The van der Waals surface area contributed by atoms with Crippen molar-refractivity contribution in [3.63, 3.8) is 0 Å². The zero-order valence-electron chi connectivity index (χ0n) is 4.12. The minimum atomic E-state index is 0. The molecule has 0 N–H and O–H groups in total. The van der Waals surface area contributed by atoms with E-state index >= 15 is 0 Å². The highest BCUT2D eigenvalue weighted by Crippen LogP contribution is 1.76. The molecule has 0 fully saturated rings. The molecule has 66 valence electrons. The van der Waals surface area contributed by atoms with Gasteiger partial charge in [-0.1, -0.05) is 63.8 Å². The lowest BCUT2D eigenvalue weighted by Gasteiger charge is -1.68. The first-order chi connectivity index (χ1) is 2.41. The highest BCUT2D eigenvalue weighted by molar-refractivity contribution is 4.12. The van der Waals surface area contributed by atoms with E-state index in [2.05, 4.69) is 6.92 Å². The first-order valence-electron chi connectivity index (χ1n) is 2.41. The summed E-state index contributed by atoms with van der Waals surface area (Å²) in [6.07, 6.45) is 2.21. The van der Waals surface area contributed by atoms with Crippen LogP contribution in [-0.4, -0.2) is 0 Å². The van der Waals surface area contributed by atoms with Crippen molar-refractivity contribution in [2.75, 3.05) is 0 Å². The smallest absolute Gasteiger partial charge is 0.0230 e. The van der Waals surface area contributed by atoms with Crippen molar-refractivity contribution in [2.24, 2.45) is 0 Å². The Bertz CT molecular complexity index is 12.2. The van der Waals surface area contributed by atoms with Crippen LogP contribution in [0.2, 0.25) is 0 Å². The lowest BCUT2D eigenvalue weighted by Crippen LogP contribution is -1.47. The summed E-state index contributed by atoms with van der Waals surface area (Å²) in [6, 6.07) is 0. The molecule has 0 amide bonds. The highest BCUT2D eigenvalue weighted by atomic mass is 13.6. The van der Waals surface area contributed by atoms with Crippen molar-refractivity contribution in [3.8, 4) is 0 Å². The molecule has 0 atom stereocenters. The van der Waals surface area contributed by atoms with Gasteiger partial charge in [-0.2, -0.15) is 0 Å². The second-order valence-corrected chi connectivity index (χ2v) is 0.854. The van der Waals surface area contributed by atoms with Gasteiger partial charge in [0.25, 0.3) is 0 Å². The summed E-state index contributed by atoms with van der Waals surface area (Å²) in [6.45, 7) is 2.69. The van der Waals surface area contributed by atoms with Gasteiger partial charge < -0.3 is 0 Å². The van der Waals surface area contributed by atoms with E-state index in [0.29, 0.717) is 6.90 Å². The molecular formula is C9H30. The Hall–Kier alpha value is 0. The van der Waals surface area contributed by atoms with E-state index < -0.39 is 0 Å². The minimum absolute atomic E-state index is 0. The Kier molecular flexibility index (Phi) is 392. The van der Waals surface area contributed by atoms with E-state index in [9.17, 15) is 0 Å². The monoisotopic (exact) mass is 140 g/mol. The van der Waals surface area contributed by atoms with Crippen LogP contribution in [0.4, 0.5) is 0 Å². The molecule has 9 heavy (non-hydrogen) atoms. The molecule has 0 aromatic carbocycles. The van der Waals surface area contributed by atoms with Crippen LogP contribution in [0.25, 0.3) is 0 Å². The SMILES string of the molecule is C.C.C.C.C.[3H]CCCC. The Balaban J connectivity index is -0.00000000800. The van der Waals surface area contributed by atoms with Gasteiger partial charge in [0.15, 0.2) is 0 Å². The van der Waals surface area contributed by atoms with Gasteiger partial charge in [-0.25, -0.2) is 0 Å². The van der Waals surface area contributed by atoms with E-state index in [1.54, 1.807) is 0 Å². The van der Waals surface area contributed by atoms with E-state index in [1.165, 1.54) is 0 Å². The first kappa shape index (κ1) is 36.0. The topological polar surface area (TPSA) is 0 Å². The summed E-state index contributed by atoms with van der Waals surface area (Å²) in [4.78, 5) is 0. The second kappa shape index (κ2) is 98.0. The molecule has 0 radical (unpaired) electrons. The number of hydrogen-bond acceptors (Lipinski definition) is 0. The van der Waals surface area contributed by atoms with Gasteiger partial charge in [0.2, 0.25) is 0 Å². The van der Waals surface area contributed by atoms with Crippen molar-refractivity contribution in [1.82, 2.24) is 0 Å². The van der Waals surface area contributed by atoms with Crippen LogP contribution < -0.4 is 0 Å². The maximum absolute atomic E-state index is 6.60. The molecule has 0 aliphatic rings. The summed E-state index contributed by atoms with van der Waals surface area (Å²) in [5, 5.41) is 0. The zero-order chi connectivity index (χ0) is 4.12. The molecule has 0 aliphatic heterocycles. The lowest BCUT2D eigenvalue weighted by atomic mass is 10.4. The Morgan fingerprint density at radius 2 is 1.22 bits per heavy atom. The second-order valence-electron chi connectivity index (χ2n) is 0.854. The molecule has 0 heteroatoms. The van der Waals surface area contributed by atoms with Gasteiger partial charge in [-0.15, -0.1) is 0 Å². The molecule has 0 nitrogen and oxygen atoms in total. The normalized spacial score (nSPS) is 4.78. The third kappa shape index (κ3) is 288. The van der Waals surface area contributed by atoms with Gasteiger partial charge in [0, 0.05) is 1.37 Å². The summed E-state index contributed by atoms with van der Waals surface area (Å²) in [5.41, 5.74) is 0. The van der Waals surface area contributed by atoms with Crippen LogP contribution in [0.3, 0.4) is 0 Å². The van der Waals surface area contributed by atoms with Crippen LogP contribution in [0.5, 0.6) is 0 Å². The third-order valence-corrected chi connectivity index (χ3v) is 0.354. The van der Waals surface area contributed by atoms with Gasteiger partial charge >= 0.3 is 0 Å². The van der Waals surface area contributed by atoms with E-state index in [4.69, 9.17) is 1.37 Å². The summed E-state index contributed by atoms with van der Waals surface area (Å²) in [5.74, 6) is 0. The maximum atomic E-state index is 6.60. The number of hydrogen-bond donors (Lipinski definition) is 0. The van der Waals surface area contributed by atoms with Gasteiger partial charge in [0.1, 0.15) is 0 Å². The Morgan fingerprint density at radius 3 is 1.22 bits per heavy atom. The molecule has 0 saturated heterocycles. The summed E-state index contributed by atoms with van der Waals surface area (Å²) < 4.78 is 6.60. The fourth-order valence-corrected chi connectivity index (χ4v) is 0. The summed E-state index contributed by atoms with van der Waals surface area (Å²) >= 11 is 0. The van der Waals surface area contributed by atoms with E-state index in [0.717, 1.165) is 12.8 Å². The molecule has 0 aliphatic carbocycles. The molecule has 0 unspecified atom stereocenters. The van der Waals surface area contributed by atoms with Crippen molar-refractivity contribution in [3.05, 3.63) is 0 Å². The van der Waals surface area contributed by atoms with Crippen molar-refractivity contribution in [1.29, 1.82) is 0 Å². The van der Waals surface area contributed by atoms with Crippen LogP contribution in [0.1, 0.15) is 65.2 Å². The maximum Gasteiger partial charge on any atom is 0.0230 e. The largest absolute Gasteiger partial charge is 0.0776 e. The molecule has 0 bridgehead atoms. The standard InChI is InChI=1S/C4H10.5CH4/c1-3-4-2;;;;;/h3-4H2,1-2H3;5*1H4/i1T;;;;;. The highest BCUT2D eigenvalue weighted by Gasteiger charge is 1.56. The van der Waals surface area contributed by atoms with Gasteiger partial charge in [-0.05, 0) is 0 Å². The van der Waals surface area contributed by atoms with Crippen LogP contribution in [0, 0.1) is 0 Å². The Morgan fingerprint density at radius 1 is 0.889 bits per heavy atom. The fourth-order valence-electron chi connectivity index (χ4n) is 0. The molecule has 0 aromatic heterocycles. The molecule has 0 heterocycles. The van der Waals surface area contributed by atoms with Crippen molar-refractivity contribution >= 4 is 0 Å². The molecular weight excluding hydrogens is 108 g/mol. The molecule has 0 spiro atoms. The van der Waals surface area contributed by atoms with Crippen LogP contribution in [0.15, 0.2) is 0 Å². The van der Waals surface area contributed by atoms with Gasteiger partial charge in [0.05, 0.1) is 0 Å². The first-order valence-corrected chi connectivity index (χ1v) is 1.71. The van der Waals surface area contributed by atoms with Gasteiger partial charge in [-0.3, -0.25) is 0 Å². The quantitative estimate of drug-likeness (QED) is 0.481. The number of unbranched alkanes of at least 4 members (excludes halogenated alkanes) is 1. The molecule has 0 saturated carbocycles. The predicted molar refractivity (Wildman–Crippen MR) is 54.2 cm³/mol. The van der Waals surface area contributed by atoms with Crippen molar-refractivity contribution < 1.29 is 1.37 Å². The minimum Gasteiger partial charge on any atom is -0.0776 e. The van der Waals surface area contributed by atoms with E-state index in [-0.39, 0.29) is 37.1 Å². The zero-order valence-corrected chi connectivity index (χ0v) is 3.12. The summed E-state index contributed by atoms with van der Waals surface area (Å²) in [7, 11) is 0. The van der Waals surface area contributed by atoms with Crippen LogP contribution in [-0.2, 0) is 0 Å². The average Bonchev–Trinajstić information content (AvgIpc) is 1.41. The van der Waals surface area contributed by atoms with Crippen molar-refractivity contribution in [2.45, 2.75) is 63.8 Å². The predicted octanol–water partition coefficient (Wildman–Crippen LogP) is 4.99. The molecule has 0 rings (SSSR count). The lowest BCUT2D eigenvalue weighted by molar-refractivity contribution is 0.886. The van der Waals surface area contributed by atoms with Crippen LogP contribution >= 0.6 is 0 Å². The van der Waals surface area contributed by atoms with E-state index in [1.807, 2.05) is 0 Å². The number of rotatable bonds is 1. The Labute approximate surface area is 66.1 Å². The molecule has 0 aromatic rings.